The maximum atomic E-state index is 5.94. The van der Waals surface area contributed by atoms with Crippen LogP contribution in [0.4, 0.5) is 0 Å². The molecule has 2 atom stereocenters. The van der Waals surface area contributed by atoms with Crippen LogP contribution in [0.1, 0.15) is 30.1 Å². The van der Waals surface area contributed by atoms with Crippen LogP contribution in [0.5, 0.6) is 0 Å². The molecule has 102 valence electrons. The zero-order valence-corrected chi connectivity index (χ0v) is 11.6. The molecule has 5 nitrogen and oxygen atoms in total. The average Bonchev–Trinajstić information content (AvgIpc) is 2.91. The lowest BCUT2D eigenvalue weighted by molar-refractivity contribution is 0.0688. The highest BCUT2D eigenvalue weighted by molar-refractivity contribution is 5.20. The van der Waals surface area contributed by atoms with Crippen LogP contribution in [0.25, 0.3) is 0 Å². The lowest BCUT2D eigenvalue weighted by Crippen LogP contribution is -2.36. The molecule has 2 rings (SSSR count). The number of ether oxygens (including phenoxy) is 1. The van der Waals surface area contributed by atoms with Crippen LogP contribution in [-0.4, -0.2) is 47.5 Å². The van der Waals surface area contributed by atoms with E-state index >= 15 is 0 Å². The zero-order valence-electron chi connectivity index (χ0n) is 11.6. The van der Waals surface area contributed by atoms with E-state index in [0.717, 1.165) is 25.3 Å². The maximum Gasteiger partial charge on any atom is 0.0702 e. The number of hydrogen-bond donors (Lipinski definition) is 1. The normalized spacial score (nSPS) is 21.7. The molecule has 0 amide bonds. The van der Waals surface area contributed by atoms with Gasteiger partial charge in [0, 0.05) is 38.5 Å². The molecule has 18 heavy (non-hydrogen) atoms. The molecule has 5 heteroatoms. The molecule has 1 aromatic heterocycles. The van der Waals surface area contributed by atoms with Crippen molar-refractivity contribution in [3.8, 4) is 0 Å². The van der Waals surface area contributed by atoms with Gasteiger partial charge in [-0.2, -0.15) is 5.10 Å². The molecule has 1 saturated heterocycles. The van der Waals surface area contributed by atoms with Gasteiger partial charge in [-0.1, -0.05) is 0 Å². The Morgan fingerprint density at radius 1 is 1.67 bits per heavy atom. The molecule has 2 unspecified atom stereocenters. The molecule has 0 radical (unpaired) electrons. The first kappa shape index (κ1) is 13.5. The highest BCUT2D eigenvalue weighted by atomic mass is 16.5. The van der Waals surface area contributed by atoms with Crippen LogP contribution in [-0.2, 0) is 11.8 Å². The van der Waals surface area contributed by atoms with Crippen LogP contribution in [0.3, 0.4) is 0 Å². The van der Waals surface area contributed by atoms with Crippen molar-refractivity contribution in [3.63, 3.8) is 0 Å². The molecule has 1 aromatic rings. The van der Waals surface area contributed by atoms with Crippen molar-refractivity contribution < 1.29 is 4.74 Å². The van der Waals surface area contributed by atoms with E-state index < -0.39 is 0 Å². The van der Waals surface area contributed by atoms with E-state index in [9.17, 15) is 0 Å². The van der Waals surface area contributed by atoms with Crippen molar-refractivity contribution in [2.75, 3.05) is 26.7 Å². The smallest absolute Gasteiger partial charge is 0.0702 e. The number of aromatic nitrogens is 2. The van der Waals surface area contributed by atoms with E-state index in [-0.39, 0.29) is 6.04 Å². The molecular formula is C13H24N4O. The molecule has 0 saturated carbocycles. The Labute approximate surface area is 109 Å². The van der Waals surface area contributed by atoms with Gasteiger partial charge in [0.1, 0.15) is 0 Å². The van der Waals surface area contributed by atoms with E-state index in [0.29, 0.717) is 12.6 Å². The molecule has 0 aliphatic carbocycles. The van der Waals surface area contributed by atoms with Crippen LogP contribution < -0.4 is 5.73 Å². The minimum Gasteiger partial charge on any atom is -0.377 e. The van der Waals surface area contributed by atoms with Gasteiger partial charge in [0.2, 0.25) is 0 Å². The fourth-order valence-electron chi connectivity index (χ4n) is 2.73. The molecule has 0 spiro atoms. The third kappa shape index (κ3) is 2.91. The van der Waals surface area contributed by atoms with Crippen molar-refractivity contribution in [1.82, 2.24) is 14.7 Å². The summed E-state index contributed by atoms with van der Waals surface area (Å²) in [5, 5.41) is 4.40. The molecule has 0 aromatic carbocycles. The third-order valence-electron chi connectivity index (χ3n) is 3.68. The first-order valence-corrected chi connectivity index (χ1v) is 6.64. The number of hydrogen-bond acceptors (Lipinski definition) is 4. The van der Waals surface area contributed by atoms with Gasteiger partial charge in [-0.3, -0.25) is 9.58 Å². The predicted molar refractivity (Wildman–Crippen MR) is 71.3 cm³/mol. The second-order valence-corrected chi connectivity index (χ2v) is 5.17. The summed E-state index contributed by atoms with van der Waals surface area (Å²) >= 11 is 0. The van der Waals surface area contributed by atoms with Gasteiger partial charge in [0.25, 0.3) is 0 Å². The Morgan fingerprint density at radius 2 is 2.44 bits per heavy atom. The predicted octanol–water partition coefficient (Wildman–Crippen LogP) is 0.839. The first-order chi connectivity index (χ1) is 8.61. The van der Waals surface area contributed by atoms with E-state index in [4.69, 9.17) is 10.5 Å². The Hall–Kier alpha value is -0.910. The first-order valence-electron chi connectivity index (χ1n) is 6.64. The van der Waals surface area contributed by atoms with Gasteiger partial charge >= 0.3 is 0 Å². The quantitative estimate of drug-likeness (QED) is 0.843. The molecular weight excluding hydrogens is 228 g/mol. The van der Waals surface area contributed by atoms with Crippen LogP contribution in [0.2, 0.25) is 0 Å². The topological polar surface area (TPSA) is 56.3 Å². The number of likely N-dealkylation sites (N-methyl/N-ethyl adjacent to an activating group) is 1. The minimum atomic E-state index is 0.225. The number of rotatable bonds is 5. The summed E-state index contributed by atoms with van der Waals surface area (Å²) in [6.45, 7) is 4.49. The number of nitrogens with zero attached hydrogens (tertiary/aromatic N) is 3. The van der Waals surface area contributed by atoms with Crippen molar-refractivity contribution in [2.24, 2.45) is 12.8 Å². The van der Waals surface area contributed by atoms with Gasteiger partial charge in [0.15, 0.2) is 0 Å². The highest BCUT2D eigenvalue weighted by Crippen LogP contribution is 2.23. The Balaban J connectivity index is 2.05. The standard InChI is InChI=1S/C13H24N4O/c1-10-12(9-17(3)15-10)13(7-14)16(2)8-11-5-4-6-18-11/h9,11,13H,4-8,14H2,1-3H3. The van der Waals surface area contributed by atoms with Crippen molar-refractivity contribution in [2.45, 2.75) is 31.9 Å². The summed E-state index contributed by atoms with van der Waals surface area (Å²) in [6, 6.07) is 0.225. The fraction of sp³-hybridized carbons (Fsp3) is 0.769. The summed E-state index contributed by atoms with van der Waals surface area (Å²) in [4.78, 5) is 2.29. The highest BCUT2D eigenvalue weighted by Gasteiger charge is 2.24. The number of nitrogens with two attached hydrogens (primary N) is 1. The van der Waals surface area contributed by atoms with E-state index in [1.54, 1.807) is 0 Å². The van der Waals surface area contributed by atoms with E-state index in [1.165, 1.54) is 12.0 Å². The van der Waals surface area contributed by atoms with Crippen LogP contribution in [0, 0.1) is 6.92 Å². The van der Waals surface area contributed by atoms with E-state index in [1.807, 2.05) is 18.7 Å². The number of aryl methyl sites for hydroxylation is 2. The Bertz CT molecular complexity index is 384. The Kier molecular flexibility index (Phi) is 4.37. The monoisotopic (exact) mass is 252 g/mol. The zero-order chi connectivity index (χ0) is 13.1. The van der Waals surface area contributed by atoms with Crippen molar-refractivity contribution in [1.29, 1.82) is 0 Å². The van der Waals surface area contributed by atoms with Crippen LogP contribution in [0.15, 0.2) is 6.20 Å². The lowest BCUT2D eigenvalue weighted by atomic mass is 10.1. The molecule has 1 aliphatic heterocycles. The van der Waals surface area contributed by atoms with Crippen LogP contribution >= 0.6 is 0 Å². The van der Waals surface area contributed by atoms with Gasteiger partial charge in [0.05, 0.1) is 17.8 Å². The maximum absolute atomic E-state index is 5.94. The van der Waals surface area contributed by atoms with Gasteiger partial charge < -0.3 is 10.5 Å². The summed E-state index contributed by atoms with van der Waals surface area (Å²) < 4.78 is 7.54. The minimum absolute atomic E-state index is 0.225. The van der Waals surface area contributed by atoms with Crippen molar-refractivity contribution in [3.05, 3.63) is 17.5 Å². The molecule has 0 bridgehead atoms. The molecule has 2 N–H and O–H groups in total. The largest absolute Gasteiger partial charge is 0.377 e. The lowest BCUT2D eigenvalue weighted by Gasteiger charge is -2.28. The fourth-order valence-corrected chi connectivity index (χ4v) is 2.73. The SMILES string of the molecule is Cc1nn(C)cc1C(CN)N(C)CC1CCCO1. The molecule has 1 aliphatic rings. The van der Waals surface area contributed by atoms with E-state index in [2.05, 4.69) is 23.2 Å². The third-order valence-corrected chi connectivity index (χ3v) is 3.68. The summed E-state index contributed by atoms with van der Waals surface area (Å²) in [7, 11) is 4.07. The Morgan fingerprint density at radius 3 is 2.94 bits per heavy atom. The van der Waals surface area contributed by atoms with Gasteiger partial charge in [-0.15, -0.1) is 0 Å². The molecule has 1 fully saturated rings. The average molecular weight is 252 g/mol. The second-order valence-electron chi connectivity index (χ2n) is 5.17. The second kappa shape index (κ2) is 5.82. The van der Waals surface area contributed by atoms with Gasteiger partial charge in [-0.05, 0) is 26.8 Å². The summed E-state index contributed by atoms with van der Waals surface area (Å²) in [6.07, 6.45) is 4.77. The van der Waals surface area contributed by atoms with Gasteiger partial charge in [-0.25, -0.2) is 0 Å². The summed E-state index contributed by atoms with van der Waals surface area (Å²) in [5.41, 5.74) is 8.22. The van der Waals surface area contributed by atoms with Crippen molar-refractivity contribution >= 4 is 0 Å². The summed E-state index contributed by atoms with van der Waals surface area (Å²) in [5.74, 6) is 0. The molecule has 2 heterocycles.